The van der Waals surface area contributed by atoms with E-state index in [1.807, 2.05) is 0 Å². The number of likely N-dealkylation sites (tertiary alicyclic amines) is 1. The molecule has 0 radical (unpaired) electrons. The monoisotopic (exact) mass is 537 g/mol. The molecule has 1 heterocycles. The molecule has 0 aromatic heterocycles. The van der Waals surface area contributed by atoms with Gasteiger partial charge in [-0.25, -0.2) is 8.98 Å². The minimum atomic E-state index is -3.70. The summed E-state index contributed by atoms with van der Waals surface area (Å²) in [5.41, 5.74) is -1.94. The van der Waals surface area contributed by atoms with Gasteiger partial charge in [0.05, 0.1) is 17.9 Å². The predicted molar refractivity (Wildman–Crippen MR) is 132 cm³/mol. The molecule has 5 aliphatic carbocycles. The standard InChI is InChI=1S/C26H39N3O7S/c1-15(36-37(5,32)33)34-26-11-16-6-17(12-26)10-25(9-16,14-26)21(28-23(31)35-24(2,3)4)22(30)29-19(13-27)7-18-8-20(18)29/h15-21H,6-12,14H2,1-5H3,(H,28,31)/t15?,16?,17?,18-,19+,20+,21-,25?,26?/m1/s1. The maximum atomic E-state index is 14.2. The largest absolute Gasteiger partial charge is 0.444 e. The van der Waals surface area contributed by atoms with Crippen LogP contribution in [-0.4, -0.2) is 67.2 Å². The molecular weight excluding hydrogens is 498 g/mol. The molecule has 4 bridgehead atoms. The van der Waals surface area contributed by atoms with Gasteiger partial charge in [-0.3, -0.25) is 4.79 Å². The number of nitrogens with one attached hydrogen (secondary N) is 1. The third kappa shape index (κ3) is 5.34. The van der Waals surface area contributed by atoms with Crippen molar-refractivity contribution in [2.75, 3.05) is 6.26 Å². The van der Waals surface area contributed by atoms with E-state index < -0.39 is 51.2 Å². The van der Waals surface area contributed by atoms with Crippen molar-refractivity contribution in [3.63, 3.8) is 0 Å². The van der Waals surface area contributed by atoms with Crippen molar-refractivity contribution in [1.29, 1.82) is 5.26 Å². The molecule has 37 heavy (non-hydrogen) atoms. The molecule has 5 saturated carbocycles. The molecule has 0 aromatic rings. The highest BCUT2D eigenvalue weighted by atomic mass is 32.2. The zero-order valence-electron chi connectivity index (χ0n) is 22.4. The van der Waals surface area contributed by atoms with Crippen LogP contribution in [0.2, 0.25) is 0 Å². The molecule has 2 amide bonds. The van der Waals surface area contributed by atoms with Crippen LogP contribution in [0, 0.1) is 34.5 Å². The topological polar surface area (TPSA) is 135 Å². The number of rotatable bonds is 7. The van der Waals surface area contributed by atoms with Gasteiger partial charge in [-0.2, -0.15) is 13.7 Å². The van der Waals surface area contributed by atoms with Gasteiger partial charge in [0.1, 0.15) is 17.7 Å². The molecule has 11 heteroatoms. The van der Waals surface area contributed by atoms with Crippen molar-refractivity contribution in [3.05, 3.63) is 0 Å². The second-order valence-electron chi connectivity index (χ2n) is 13.3. The molecule has 6 aliphatic rings. The Labute approximate surface area is 219 Å². The number of hydrogen-bond donors (Lipinski definition) is 1. The van der Waals surface area contributed by atoms with Crippen LogP contribution in [0.4, 0.5) is 4.79 Å². The smallest absolute Gasteiger partial charge is 0.408 e. The summed E-state index contributed by atoms with van der Waals surface area (Å²) in [5.74, 6) is 0.735. The van der Waals surface area contributed by atoms with Gasteiger partial charge >= 0.3 is 6.09 Å². The van der Waals surface area contributed by atoms with Crippen LogP contribution in [0.5, 0.6) is 0 Å². The number of ether oxygens (including phenoxy) is 2. The molecule has 1 saturated heterocycles. The number of hydrogen-bond acceptors (Lipinski definition) is 8. The van der Waals surface area contributed by atoms with Gasteiger partial charge in [-0.15, -0.1) is 0 Å². The second kappa shape index (κ2) is 8.82. The first-order chi connectivity index (χ1) is 17.1. The summed E-state index contributed by atoms with van der Waals surface area (Å²) in [4.78, 5) is 29.0. The van der Waals surface area contributed by atoms with Crippen molar-refractivity contribution in [2.24, 2.45) is 23.2 Å². The minimum absolute atomic E-state index is 0.0578. The SMILES string of the molecule is CC(OC12CC3CC(C1)CC([C@H](NC(=O)OC(C)(C)C)C(=O)N1[C@H](C#N)C[C@@H]4C[C@@H]41)(C3)C2)OS(C)(=O)=O. The van der Waals surface area contributed by atoms with Crippen LogP contribution in [0.1, 0.15) is 79.1 Å². The summed E-state index contributed by atoms with van der Waals surface area (Å²) in [5, 5.41) is 12.7. The summed E-state index contributed by atoms with van der Waals surface area (Å²) >= 11 is 0. The lowest BCUT2D eigenvalue weighted by atomic mass is 9.46. The van der Waals surface area contributed by atoms with E-state index in [0.717, 1.165) is 44.8 Å². The van der Waals surface area contributed by atoms with E-state index in [1.165, 1.54) is 0 Å². The highest BCUT2D eigenvalue weighted by Crippen LogP contribution is 2.64. The second-order valence-corrected chi connectivity index (χ2v) is 14.9. The van der Waals surface area contributed by atoms with Crippen molar-refractivity contribution >= 4 is 22.1 Å². The molecule has 10 nitrogen and oxygen atoms in total. The van der Waals surface area contributed by atoms with Crippen LogP contribution in [0.3, 0.4) is 0 Å². The van der Waals surface area contributed by atoms with E-state index in [0.29, 0.717) is 30.6 Å². The Bertz CT molecular complexity index is 1100. The Balaban J connectivity index is 1.46. The fraction of sp³-hybridized carbons (Fsp3) is 0.885. The fourth-order valence-electron chi connectivity index (χ4n) is 8.28. The van der Waals surface area contributed by atoms with Gasteiger partial charge in [0.15, 0.2) is 6.29 Å². The molecular formula is C26H39N3O7S. The molecule has 0 spiro atoms. The van der Waals surface area contributed by atoms with E-state index in [2.05, 4.69) is 11.4 Å². The molecule has 206 valence electrons. The number of nitrogens with zero attached hydrogens (tertiary/aromatic N) is 2. The van der Waals surface area contributed by atoms with E-state index in [-0.39, 0.29) is 11.9 Å². The van der Waals surface area contributed by atoms with Crippen molar-refractivity contribution in [1.82, 2.24) is 10.2 Å². The molecule has 7 atom stereocenters. The van der Waals surface area contributed by atoms with Gasteiger partial charge in [-0.1, -0.05) is 0 Å². The van der Waals surface area contributed by atoms with Crippen LogP contribution in [0.15, 0.2) is 0 Å². The lowest BCUT2D eigenvalue weighted by molar-refractivity contribution is -0.247. The number of fused-ring (bicyclic) bond motifs is 1. The van der Waals surface area contributed by atoms with Crippen LogP contribution < -0.4 is 5.32 Å². The zero-order valence-corrected chi connectivity index (χ0v) is 23.2. The first-order valence-electron chi connectivity index (χ1n) is 13.4. The van der Waals surface area contributed by atoms with E-state index in [9.17, 15) is 23.3 Å². The van der Waals surface area contributed by atoms with E-state index in [1.54, 1.807) is 32.6 Å². The molecule has 3 unspecified atom stereocenters. The maximum Gasteiger partial charge on any atom is 0.408 e. The van der Waals surface area contributed by atoms with E-state index in [4.69, 9.17) is 13.7 Å². The van der Waals surface area contributed by atoms with Crippen molar-refractivity contribution in [3.8, 4) is 6.07 Å². The highest BCUT2D eigenvalue weighted by molar-refractivity contribution is 7.86. The van der Waals surface area contributed by atoms with Crippen LogP contribution in [0.25, 0.3) is 0 Å². The van der Waals surface area contributed by atoms with Crippen molar-refractivity contribution in [2.45, 2.75) is 115 Å². The summed E-state index contributed by atoms with van der Waals surface area (Å²) in [6, 6.07) is 1.02. The molecule has 1 N–H and O–H groups in total. The number of carbonyl (C=O) groups is 2. The zero-order chi connectivity index (χ0) is 27.0. The van der Waals surface area contributed by atoms with Gasteiger partial charge in [0, 0.05) is 11.5 Å². The quantitative estimate of drug-likeness (QED) is 0.387. The minimum Gasteiger partial charge on any atom is -0.444 e. The average Bonchev–Trinajstić information content (AvgIpc) is 3.36. The van der Waals surface area contributed by atoms with Crippen LogP contribution >= 0.6 is 0 Å². The normalized spacial score (nSPS) is 39.5. The summed E-state index contributed by atoms with van der Waals surface area (Å²) in [6.07, 6.45) is 5.58. The van der Waals surface area contributed by atoms with Crippen LogP contribution in [-0.2, 0) is 28.6 Å². The predicted octanol–water partition coefficient (Wildman–Crippen LogP) is 3.07. The molecule has 6 rings (SSSR count). The van der Waals surface area contributed by atoms with E-state index >= 15 is 0 Å². The Hall–Kier alpha value is -1.90. The highest BCUT2D eigenvalue weighted by Gasteiger charge is 2.65. The number of piperidine rings is 1. The third-order valence-corrected chi connectivity index (χ3v) is 9.43. The first kappa shape index (κ1) is 26.7. The summed E-state index contributed by atoms with van der Waals surface area (Å²) in [7, 11) is -3.70. The Morgan fingerprint density at radius 1 is 1.11 bits per heavy atom. The molecule has 6 fully saturated rings. The lowest BCUT2D eigenvalue weighted by Crippen LogP contribution is -2.67. The van der Waals surface area contributed by atoms with Gasteiger partial charge in [0.25, 0.3) is 10.1 Å². The number of amides is 2. The maximum absolute atomic E-state index is 14.2. The van der Waals surface area contributed by atoms with Gasteiger partial charge in [0.2, 0.25) is 5.91 Å². The van der Waals surface area contributed by atoms with Gasteiger partial charge < -0.3 is 19.7 Å². The lowest BCUT2D eigenvalue weighted by Gasteiger charge is -2.63. The van der Waals surface area contributed by atoms with Crippen molar-refractivity contribution < 1.29 is 31.7 Å². The fourth-order valence-corrected chi connectivity index (χ4v) is 8.81. The third-order valence-electron chi connectivity index (χ3n) is 8.81. The van der Waals surface area contributed by atoms with Gasteiger partial charge in [-0.05, 0) is 96.8 Å². The summed E-state index contributed by atoms with van der Waals surface area (Å²) in [6.45, 7) is 6.92. The Kier molecular flexibility index (Phi) is 6.36. The Morgan fingerprint density at radius 3 is 2.32 bits per heavy atom. The average molecular weight is 538 g/mol. The summed E-state index contributed by atoms with van der Waals surface area (Å²) < 4.78 is 40.5. The number of carbonyl (C=O) groups excluding carboxylic acids is 2. The number of alkyl carbamates (subject to hydrolysis) is 1. The number of nitriles is 1. The first-order valence-corrected chi connectivity index (χ1v) is 15.2. The molecule has 0 aromatic carbocycles. The molecule has 1 aliphatic heterocycles. The Morgan fingerprint density at radius 2 is 1.76 bits per heavy atom.